The molecule has 0 saturated carbocycles. The van der Waals surface area contributed by atoms with Crippen molar-refractivity contribution in [3.63, 3.8) is 0 Å². The lowest BCUT2D eigenvalue weighted by Gasteiger charge is -2.33. The highest BCUT2D eigenvalue weighted by atomic mass is 16.5. The van der Waals surface area contributed by atoms with Crippen LogP contribution in [0.3, 0.4) is 0 Å². The minimum Gasteiger partial charge on any atom is -0.395 e. The number of piperazine rings is 1. The van der Waals surface area contributed by atoms with Gasteiger partial charge in [0.15, 0.2) is 0 Å². The Morgan fingerprint density at radius 2 is 2.00 bits per heavy atom. The van der Waals surface area contributed by atoms with Gasteiger partial charge >= 0.3 is 0 Å². The molecule has 1 fully saturated rings. The van der Waals surface area contributed by atoms with Crippen LogP contribution in [0.2, 0.25) is 0 Å². The maximum atomic E-state index is 9.02. The zero-order chi connectivity index (χ0) is 7.56. The van der Waals surface area contributed by atoms with Gasteiger partial charge in [0, 0.05) is 19.6 Å². The third kappa shape index (κ3) is 1.65. The van der Waals surface area contributed by atoms with Crippen LogP contribution in [-0.2, 0) is 0 Å². The lowest BCUT2D eigenvalue weighted by molar-refractivity contribution is -0.219. The van der Waals surface area contributed by atoms with Gasteiger partial charge in [0.05, 0.1) is 12.6 Å². The molecule has 1 atom stereocenters. The van der Waals surface area contributed by atoms with Gasteiger partial charge in [-0.05, 0) is 0 Å². The largest absolute Gasteiger partial charge is 0.395 e. The van der Waals surface area contributed by atoms with E-state index in [4.69, 9.17) is 15.5 Å². The minimum absolute atomic E-state index is 0.131. The van der Waals surface area contributed by atoms with Gasteiger partial charge in [-0.15, -0.1) is 0 Å². The number of rotatable bonds is 1. The second-order valence-electron chi connectivity index (χ2n) is 2.41. The number of nitrogens with zero attached hydrogens (tertiary/aromatic N) is 2. The smallest absolute Gasteiger partial charge is 0.0731 e. The lowest BCUT2D eigenvalue weighted by Crippen LogP contribution is -2.52. The van der Waals surface area contributed by atoms with Crippen LogP contribution in [0, 0.1) is 0 Å². The molecular weight excluding hydrogens is 136 g/mol. The summed E-state index contributed by atoms with van der Waals surface area (Å²) in [4.78, 5) is 0. The highest BCUT2D eigenvalue weighted by Crippen LogP contribution is 2.03. The number of hydroxylamine groups is 4. The minimum atomic E-state index is -0.348. The molecule has 1 aliphatic rings. The monoisotopic (exact) mass is 148 g/mol. The van der Waals surface area contributed by atoms with Crippen molar-refractivity contribution < 1.29 is 15.5 Å². The molecule has 5 heteroatoms. The molecule has 0 amide bonds. The molecule has 0 aromatic heterocycles. The van der Waals surface area contributed by atoms with E-state index in [-0.39, 0.29) is 12.6 Å². The molecule has 1 saturated heterocycles. The normalized spacial score (nSPS) is 30.9. The third-order valence-electron chi connectivity index (χ3n) is 1.64. The average molecular weight is 148 g/mol. The van der Waals surface area contributed by atoms with Crippen LogP contribution in [0.1, 0.15) is 0 Å². The second kappa shape index (κ2) is 3.27. The van der Waals surface area contributed by atoms with Crippen LogP contribution in [0.25, 0.3) is 0 Å². The first-order valence-electron chi connectivity index (χ1n) is 3.24. The Kier molecular flexibility index (Phi) is 2.58. The fourth-order valence-electron chi connectivity index (χ4n) is 0.981. The first-order chi connectivity index (χ1) is 4.74. The molecule has 0 bridgehead atoms. The van der Waals surface area contributed by atoms with Crippen molar-refractivity contribution in [2.24, 2.45) is 0 Å². The first kappa shape index (κ1) is 7.90. The number of aliphatic hydroxyl groups is 1. The van der Waals surface area contributed by atoms with E-state index >= 15 is 0 Å². The van der Waals surface area contributed by atoms with E-state index in [0.717, 1.165) is 10.1 Å². The molecule has 1 unspecified atom stereocenters. The Morgan fingerprint density at radius 3 is 2.50 bits per heavy atom. The topological polar surface area (TPSA) is 67.2 Å². The van der Waals surface area contributed by atoms with E-state index in [1.807, 2.05) is 0 Å². The van der Waals surface area contributed by atoms with Crippen LogP contribution in [0.15, 0.2) is 0 Å². The van der Waals surface area contributed by atoms with E-state index in [2.05, 4.69) is 0 Å². The Hall–Kier alpha value is -0.200. The Morgan fingerprint density at radius 1 is 1.30 bits per heavy atom. The van der Waals surface area contributed by atoms with E-state index < -0.39 is 0 Å². The SMILES string of the molecule is OCC1CN(O)CCN1O. The van der Waals surface area contributed by atoms with Crippen LogP contribution in [-0.4, -0.2) is 57.9 Å². The zero-order valence-electron chi connectivity index (χ0n) is 5.64. The first-order valence-corrected chi connectivity index (χ1v) is 3.24. The molecule has 0 aromatic carbocycles. The van der Waals surface area contributed by atoms with Crippen molar-refractivity contribution in [3.05, 3.63) is 0 Å². The van der Waals surface area contributed by atoms with Crippen LogP contribution in [0.5, 0.6) is 0 Å². The summed E-state index contributed by atoms with van der Waals surface area (Å²) in [5, 5.41) is 28.7. The molecule has 0 aliphatic carbocycles. The predicted molar refractivity (Wildman–Crippen MR) is 32.7 cm³/mol. The summed E-state index contributed by atoms with van der Waals surface area (Å²) < 4.78 is 0. The molecule has 1 aliphatic heterocycles. The highest BCUT2D eigenvalue weighted by Gasteiger charge is 2.23. The average Bonchev–Trinajstić information content (AvgIpc) is 1.94. The van der Waals surface area contributed by atoms with Crippen molar-refractivity contribution in [3.8, 4) is 0 Å². The molecule has 0 radical (unpaired) electrons. The third-order valence-corrected chi connectivity index (χ3v) is 1.64. The van der Waals surface area contributed by atoms with Gasteiger partial charge in [0.1, 0.15) is 0 Å². The number of hydrogen-bond donors (Lipinski definition) is 3. The van der Waals surface area contributed by atoms with Crippen molar-refractivity contribution in [2.45, 2.75) is 6.04 Å². The quantitative estimate of drug-likeness (QED) is 0.433. The van der Waals surface area contributed by atoms with Gasteiger partial charge in [-0.1, -0.05) is 0 Å². The summed E-state index contributed by atoms with van der Waals surface area (Å²) in [6.07, 6.45) is 0. The molecule has 0 spiro atoms. The van der Waals surface area contributed by atoms with E-state index in [1.165, 1.54) is 0 Å². The predicted octanol–water partition coefficient (Wildman–Crippen LogP) is -1.26. The Bertz CT molecular complexity index is 111. The Labute approximate surface area is 59.0 Å². The van der Waals surface area contributed by atoms with Gasteiger partial charge in [-0.2, -0.15) is 10.1 Å². The fourth-order valence-corrected chi connectivity index (χ4v) is 0.981. The summed E-state index contributed by atoms with van der Waals surface area (Å²) >= 11 is 0. The molecule has 1 heterocycles. The number of aliphatic hydroxyl groups excluding tert-OH is 1. The highest BCUT2D eigenvalue weighted by molar-refractivity contribution is 4.71. The van der Waals surface area contributed by atoms with Gasteiger partial charge in [-0.3, -0.25) is 0 Å². The maximum Gasteiger partial charge on any atom is 0.0731 e. The molecule has 1 rings (SSSR count). The number of hydrogen-bond acceptors (Lipinski definition) is 5. The standard InChI is InChI=1S/C5H12N2O3/c8-4-5-3-6(9)1-2-7(5)10/h5,8-10H,1-4H2. The van der Waals surface area contributed by atoms with Crippen molar-refractivity contribution >= 4 is 0 Å². The van der Waals surface area contributed by atoms with Crippen LogP contribution < -0.4 is 0 Å². The molecule has 60 valence electrons. The fraction of sp³-hybridized carbons (Fsp3) is 1.00. The molecule has 10 heavy (non-hydrogen) atoms. The second-order valence-corrected chi connectivity index (χ2v) is 2.41. The zero-order valence-corrected chi connectivity index (χ0v) is 5.64. The summed E-state index contributed by atoms with van der Waals surface area (Å²) in [6, 6.07) is -0.348. The lowest BCUT2D eigenvalue weighted by atomic mass is 10.2. The van der Waals surface area contributed by atoms with Gasteiger partial charge in [0.25, 0.3) is 0 Å². The van der Waals surface area contributed by atoms with Crippen LogP contribution >= 0.6 is 0 Å². The molecule has 3 N–H and O–H groups in total. The molecule has 0 aromatic rings. The van der Waals surface area contributed by atoms with Crippen molar-refractivity contribution in [1.82, 2.24) is 10.1 Å². The van der Waals surface area contributed by atoms with Gasteiger partial charge < -0.3 is 15.5 Å². The summed E-state index contributed by atoms with van der Waals surface area (Å²) in [5.74, 6) is 0. The molecule has 5 nitrogen and oxygen atoms in total. The summed E-state index contributed by atoms with van der Waals surface area (Å²) in [5.41, 5.74) is 0. The maximum absolute atomic E-state index is 9.02. The van der Waals surface area contributed by atoms with Crippen LogP contribution in [0.4, 0.5) is 0 Å². The summed E-state index contributed by atoms with van der Waals surface area (Å²) in [6.45, 7) is 0.968. The van der Waals surface area contributed by atoms with Crippen molar-refractivity contribution in [1.29, 1.82) is 0 Å². The Balaban J connectivity index is 2.38. The van der Waals surface area contributed by atoms with E-state index in [9.17, 15) is 0 Å². The van der Waals surface area contributed by atoms with Gasteiger partial charge in [-0.25, -0.2) is 0 Å². The van der Waals surface area contributed by atoms with E-state index in [1.54, 1.807) is 0 Å². The molecular formula is C5H12N2O3. The van der Waals surface area contributed by atoms with E-state index in [0.29, 0.717) is 19.6 Å². The summed E-state index contributed by atoms with van der Waals surface area (Å²) in [7, 11) is 0. The van der Waals surface area contributed by atoms with Crippen molar-refractivity contribution in [2.75, 3.05) is 26.2 Å². The van der Waals surface area contributed by atoms with Gasteiger partial charge in [0.2, 0.25) is 0 Å².